The van der Waals surface area contributed by atoms with E-state index in [4.69, 9.17) is 5.26 Å². The summed E-state index contributed by atoms with van der Waals surface area (Å²) in [5.41, 5.74) is 2.07. The Kier molecular flexibility index (Phi) is 4.46. The van der Waals surface area contributed by atoms with Crippen LogP contribution in [-0.2, 0) is 0 Å². The van der Waals surface area contributed by atoms with Gasteiger partial charge in [-0.05, 0) is 42.3 Å². The molecule has 2 rings (SSSR count). The number of nitrogens with one attached hydrogen (secondary N) is 1. The van der Waals surface area contributed by atoms with Gasteiger partial charge in [0.1, 0.15) is 0 Å². The molecule has 0 spiro atoms. The Morgan fingerprint density at radius 3 is 2.65 bits per heavy atom. The third kappa shape index (κ3) is 3.21. The minimum atomic E-state index is -0.148. The van der Waals surface area contributed by atoms with E-state index in [1.165, 1.54) is 0 Å². The number of benzene rings is 1. The summed E-state index contributed by atoms with van der Waals surface area (Å²) in [7, 11) is 0. The summed E-state index contributed by atoms with van der Waals surface area (Å²) in [5, 5.41) is 11.7. The van der Waals surface area contributed by atoms with Crippen LogP contribution in [0.5, 0.6) is 0 Å². The predicted octanol–water partition coefficient (Wildman–Crippen LogP) is 2.83. The number of pyridine rings is 1. The maximum absolute atomic E-state index is 12.2. The van der Waals surface area contributed by atoms with Gasteiger partial charge in [-0.25, -0.2) is 0 Å². The van der Waals surface area contributed by atoms with Crippen LogP contribution in [0.1, 0.15) is 40.9 Å². The first-order valence-corrected chi connectivity index (χ1v) is 6.45. The van der Waals surface area contributed by atoms with Gasteiger partial charge in [-0.3, -0.25) is 9.78 Å². The number of nitriles is 1. The highest BCUT2D eigenvalue weighted by molar-refractivity contribution is 5.94. The van der Waals surface area contributed by atoms with Crippen molar-refractivity contribution in [2.45, 2.75) is 19.4 Å². The second-order valence-electron chi connectivity index (χ2n) is 4.41. The van der Waals surface area contributed by atoms with Gasteiger partial charge >= 0.3 is 0 Å². The van der Waals surface area contributed by atoms with Crippen LogP contribution in [0.2, 0.25) is 0 Å². The van der Waals surface area contributed by atoms with Crippen LogP contribution < -0.4 is 5.32 Å². The van der Waals surface area contributed by atoms with Crippen molar-refractivity contribution in [3.63, 3.8) is 0 Å². The Morgan fingerprint density at radius 1 is 1.35 bits per heavy atom. The fourth-order valence-corrected chi connectivity index (χ4v) is 1.94. The number of aromatic nitrogens is 1. The molecule has 100 valence electrons. The maximum atomic E-state index is 12.2. The summed E-state index contributed by atoms with van der Waals surface area (Å²) in [6.07, 6.45) is 4.25. The van der Waals surface area contributed by atoms with E-state index >= 15 is 0 Å². The van der Waals surface area contributed by atoms with Crippen molar-refractivity contribution in [2.75, 3.05) is 0 Å². The maximum Gasteiger partial charge on any atom is 0.251 e. The summed E-state index contributed by atoms with van der Waals surface area (Å²) >= 11 is 0. The SMILES string of the molecule is CC[C@H](NC(=O)c1ccc(C#N)cc1)c1cccnc1. The van der Waals surface area contributed by atoms with Crippen molar-refractivity contribution < 1.29 is 4.79 Å². The molecule has 0 radical (unpaired) electrons. The molecule has 0 aliphatic heterocycles. The molecule has 0 fully saturated rings. The van der Waals surface area contributed by atoms with E-state index in [-0.39, 0.29) is 11.9 Å². The number of amides is 1. The van der Waals surface area contributed by atoms with Gasteiger partial charge in [0.2, 0.25) is 0 Å². The minimum Gasteiger partial charge on any atom is -0.345 e. The lowest BCUT2D eigenvalue weighted by molar-refractivity contribution is 0.0935. The molecule has 0 saturated carbocycles. The molecule has 1 amide bonds. The van der Waals surface area contributed by atoms with Crippen molar-refractivity contribution in [1.82, 2.24) is 10.3 Å². The van der Waals surface area contributed by atoms with Crippen LogP contribution >= 0.6 is 0 Å². The monoisotopic (exact) mass is 265 g/mol. The van der Waals surface area contributed by atoms with Crippen molar-refractivity contribution in [3.8, 4) is 6.07 Å². The minimum absolute atomic E-state index is 0.0631. The van der Waals surface area contributed by atoms with E-state index in [1.807, 2.05) is 25.1 Å². The zero-order valence-corrected chi connectivity index (χ0v) is 11.2. The standard InChI is InChI=1S/C16H15N3O/c1-2-15(14-4-3-9-18-11-14)19-16(20)13-7-5-12(10-17)6-8-13/h3-9,11,15H,2H2,1H3,(H,19,20)/t15-/m0/s1. The van der Waals surface area contributed by atoms with Crippen molar-refractivity contribution in [3.05, 3.63) is 65.5 Å². The van der Waals surface area contributed by atoms with Gasteiger partial charge in [0, 0.05) is 18.0 Å². The summed E-state index contributed by atoms with van der Waals surface area (Å²) in [4.78, 5) is 16.2. The van der Waals surface area contributed by atoms with Crippen LogP contribution in [0.3, 0.4) is 0 Å². The lowest BCUT2D eigenvalue weighted by atomic mass is 10.1. The summed E-state index contributed by atoms with van der Waals surface area (Å²) in [6, 6.07) is 12.4. The highest BCUT2D eigenvalue weighted by atomic mass is 16.1. The second kappa shape index (κ2) is 6.48. The highest BCUT2D eigenvalue weighted by Crippen LogP contribution is 2.16. The van der Waals surface area contributed by atoms with E-state index in [0.29, 0.717) is 11.1 Å². The molecule has 4 heteroatoms. The molecule has 0 aliphatic rings. The molecule has 4 nitrogen and oxygen atoms in total. The van der Waals surface area contributed by atoms with Gasteiger partial charge in [-0.1, -0.05) is 13.0 Å². The molecule has 1 heterocycles. The van der Waals surface area contributed by atoms with Gasteiger partial charge < -0.3 is 5.32 Å². The number of nitrogens with zero attached hydrogens (tertiary/aromatic N) is 2. The van der Waals surface area contributed by atoms with Crippen LogP contribution in [-0.4, -0.2) is 10.9 Å². The summed E-state index contributed by atoms with van der Waals surface area (Å²) in [6.45, 7) is 2.01. The zero-order valence-electron chi connectivity index (χ0n) is 11.2. The van der Waals surface area contributed by atoms with Crippen LogP contribution in [0.25, 0.3) is 0 Å². The zero-order chi connectivity index (χ0) is 14.4. The smallest absolute Gasteiger partial charge is 0.251 e. The van der Waals surface area contributed by atoms with Crippen LogP contribution in [0, 0.1) is 11.3 Å². The third-order valence-electron chi connectivity index (χ3n) is 3.08. The molecule has 0 bridgehead atoms. The van der Waals surface area contributed by atoms with Crippen molar-refractivity contribution >= 4 is 5.91 Å². The number of hydrogen-bond donors (Lipinski definition) is 1. The molecule has 0 saturated heterocycles. The van der Waals surface area contributed by atoms with Crippen molar-refractivity contribution in [1.29, 1.82) is 5.26 Å². The number of carbonyl (C=O) groups excluding carboxylic acids is 1. The normalized spacial score (nSPS) is 11.4. The fourth-order valence-electron chi connectivity index (χ4n) is 1.94. The fraction of sp³-hybridized carbons (Fsp3) is 0.188. The Hall–Kier alpha value is -2.67. The largest absolute Gasteiger partial charge is 0.345 e. The summed E-state index contributed by atoms with van der Waals surface area (Å²) in [5.74, 6) is -0.148. The number of hydrogen-bond acceptors (Lipinski definition) is 3. The van der Waals surface area contributed by atoms with E-state index in [9.17, 15) is 4.79 Å². The average Bonchev–Trinajstić information content (AvgIpc) is 2.53. The molecule has 1 aromatic carbocycles. The molecule has 1 atom stereocenters. The summed E-state index contributed by atoms with van der Waals surface area (Å²) < 4.78 is 0. The Bertz CT molecular complexity index is 614. The molecule has 2 aromatic rings. The Labute approximate surface area is 118 Å². The molecule has 0 aliphatic carbocycles. The van der Waals surface area contributed by atoms with Gasteiger partial charge in [-0.2, -0.15) is 5.26 Å². The first-order chi connectivity index (χ1) is 9.74. The lowest BCUT2D eigenvalue weighted by Gasteiger charge is -2.17. The van der Waals surface area contributed by atoms with Gasteiger partial charge in [0.25, 0.3) is 5.91 Å². The third-order valence-corrected chi connectivity index (χ3v) is 3.08. The number of rotatable bonds is 4. The predicted molar refractivity (Wildman–Crippen MR) is 75.9 cm³/mol. The quantitative estimate of drug-likeness (QED) is 0.924. The highest BCUT2D eigenvalue weighted by Gasteiger charge is 2.14. The average molecular weight is 265 g/mol. The molecule has 1 aromatic heterocycles. The first kappa shape index (κ1) is 13.8. The molecule has 20 heavy (non-hydrogen) atoms. The van der Waals surface area contributed by atoms with E-state index < -0.39 is 0 Å². The van der Waals surface area contributed by atoms with Gasteiger partial charge in [0.05, 0.1) is 17.7 Å². The van der Waals surface area contributed by atoms with E-state index in [0.717, 1.165) is 12.0 Å². The lowest BCUT2D eigenvalue weighted by Crippen LogP contribution is -2.28. The Morgan fingerprint density at radius 2 is 2.10 bits per heavy atom. The van der Waals surface area contributed by atoms with Crippen LogP contribution in [0.15, 0.2) is 48.8 Å². The molecule has 0 unspecified atom stereocenters. The number of carbonyl (C=O) groups is 1. The van der Waals surface area contributed by atoms with Gasteiger partial charge in [-0.15, -0.1) is 0 Å². The van der Waals surface area contributed by atoms with Gasteiger partial charge in [0.15, 0.2) is 0 Å². The van der Waals surface area contributed by atoms with E-state index in [2.05, 4.69) is 10.3 Å². The second-order valence-corrected chi connectivity index (χ2v) is 4.41. The van der Waals surface area contributed by atoms with E-state index in [1.54, 1.807) is 36.7 Å². The van der Waals surface area contributed by atoms with Crippen LogP contribution in [0.4, 0.5) is 0 Å². The van der Waals surface area contributed by atoms with Crippen molar-refractivity contribution in [2.24, 2.45) is 0 Å². The topological polar surface area (TPSA) is 65.8 Å². The Balaban J connectivity index is 2.11. The molecule has 1 N–H and O–H groups in total. The molecular weight excluding hydrogens is 250 g/mol. The first-order valence-electron chi connectivity index (χ1n) is 6.45. The molecular formula is C16H15N3O.